The van der Waals surface area contributed by atoms with Crippen LogP contribution in [0.1, 0.15) is 15.9 Å². The topological polar surface area (TPSA) is 64.6 Å². The molecule has 0 atom stereocenters. The van der Waals surface area contributed by atoms with E-state index in [4.69, 9.17) is 9.47 Å². The zero-order chi connectivity index (χ0) is 17.2. The number of carbonyl (C=O) groups is 2. The summed E-state index contributed by atoms with van der Waals surface area (Å²) in [5, 5.41) is 2.53. The first kappa shape index (κ1) is 17.3. The molecule has 0 spiro atoms. The van der Waals surface area contributed by atoms with Crippen LogP contribution in [0.3, 0.4) is 0 Å². The van der Waals surface area contributed by atoms with Crippen molar-refractivity contribution >= 4 is 11.9 Å². The van der Waals surface area contributed by atoms with Crippen LogP contribution in [0.4, 0.5) is 0 Å². The molecule has 0 saturated heterocycles. The van der Waals surface area contributed by atoms with Gasteiger partial charge in [0.2, 0.25) is 0 Å². The van der Waals surface area contributed by atoms with Crippen LogP contribution in [-0.2, 0) is 16.1 Å². The molecule has 0 aliphatic rings. The highest BCUT2D eigenvalue weighted by Gasteiger charge is 2.15. The van der Waals surface area contributed by atoms with Gasteiger partial charge in [-0.1, -0.05) is 48.5 Å². The first-order valence-electron chi connectivity index (χ1n) is 7.51. The molecule has 0 unspecified atom stereocenters. The summed E-state index contributed by atoms with van der Waals surface area (Å²) in [5.74, 6) is -0.573. The van der Waals surface area contributed by atoms with Crippen LogP contribution in [-0.4, -0.2) is 25.0 Å². The van der Waals surface area contributed by atoms with Gasteiger partial charge in [0.15, 0.2) is 6.61 Å². The second kappa shape index (κ2) is 9.15. The summed E-state index contributed by atoms with van der Waals surface area (Å²) >= 11 is 0. The maximum atomic E-state index is 12.2. The quantitative estimate of drug-likeness (QED) is 0.599. The molecule has 0 aliphatic carbocycles. The van der Waals surface area contributed by atoms with Gasteiger partial charge in [-0.25, -0.2) is 4.79 Å². The number of carbonyl (C=O) groups excluding carboxylic acids is 2. The van der Waals surface area contributed by atoms with E-state index in [2.05, 4.69) is 11.9 Å². The minimum absolute atomic E-state index is 0.282. The van der Waals surface area contributed by atoms with Crippen molar-refractivity contribution in [1.29, 1.82) is 0 Å². The number of para-hydroxylation sites is 1. The van der Waals surface area contributed by atoms with Crippen molar-refractivity contribution in [3.05, 3.63) is 78.4 Å². The van der Waals surface area contributed by atoms with E-state index in [0.29, 0.717) is 18.9 Å². The van der Waals surface area contributed by atoms with Crippen LogP contribution in [0.15, 0.2) is 67.3 Å². The van der Waals surface area contributed by atoms with Gasteiger partial charge in [-0.3, -0.25) is 4.79 Å². The third kappa shape index (κ3) is 5.28. The van der Waals surface area contributed by atoms with Crippen LogP contribution in [0.5, 0.6) is 5.75 Å². The smallest absolute Gasteiger partial charge is 0.342 e. The molecule has 5 nitrogen and oxygen atoms in total. The highest BCUT2D eigenvalue weighted by Crippen LogP contribution is 2.20. The van der Waals surface area contributed by atoms with E-state index in [0.717, 1.165) is 5.56 Å². The number of rotatable bonds is 8. The Hall–Kier alpha value is -3.08. The molecule has 0 radical (unpaired) electrons. The molecule has 2 aromatic rings. The van der Waals surface area contributed by atoms with E-state index >= 15 is 0 Å². The van der Waals surface area contributed by atoms with Crippen molar-refractivity contribution in [3.63, 3.8) is 0 Å². The molecule has 0 heterocycles. The maximum Gasteiger partial charge on any atom is 0.342 e. The molecule has 2 aromatic carbocycles. The summed E-state index contributed by atoms with van der Waals surface area (Å²) in [5.41, 5.74) is 1.27. The highest BCUT2D eigenvalue weighted by atomic mass is 16.5. The average molecular weight is 325 g/mol. The minimum atomic E-state index is -0.604. The normalized spacial score (nSPS) is 9.83. The lowest BCUT2D eigenvalue weighted by Crippen LogP contribution is -2.28. The van der Waals surface area contributed by atoms with Crippen LogP contribution >= 0.6 is 0 Å². The van der Waals surface area contributed by atoms with Crippen molar-refractivity contribution in [2.45, 2.75) is 6.61 Å². The molecule has 0 aliphatic heterocycles. The van der Waals surface area contributed by atoms with E-state index in [-0.39, 0.29) is 18.1 Å². The summed E-state index contributed by atoms with van der Waals surface area (Å²) in [7, 11) is 0. The van der Waals surface area contributed by atoms with Crippen molar-refractivity contribution < 1.29 is 19.1 Å². The Morgan fingerprint density at radius 1 is 1.04 bits per heavy atom. The summed E-state index contributed by atoms with van der Waals surface area (Å²) < 4.78 is 10.7. The number of esters is 1. The molecule has 1 N–H and O–H groups in total. The van der Waals surface area contributed by atoms with Gasteiger partial charge in [-0.2, -0.15) is 0 Å². The summed E-state index contributed by atoms with van der Waals surface area (Å²) in [6.07, 6.45) is 1.55. The SMILES string of the molecule is C=CCNC(=O)COC(=O)c1ccccc1OCc1ccccc1. The van der Waals surface area contributed by atoms with Gasteiger partial charge in [0.25, 0.3) is 5.91 Å². The molecule has 0 fully saturated rings. The predicted molar refractivity (Wildman–Crippen MR) is 90.7 cm³/mol. The molecule has 2 rings (SSSR count). The zero-order valence-corrected chi connectivity index (χ0v) is 13.2. The highest BCUT2D eigenvalue weighted by molar-refractivity contribution is 5.94. The molecule has 0 saturated carbocycles. The Morgan fingerprint density at radius 2 is 1.75 bits per heavy atom. The molecule has 24 heavy (non-hydrogen) atoms. The molecule has 0 aromatic heterocycles. The number of nitrogens with one attached hydrogen (secondary N) is 1. The van der Waals surface area contributed by atoms with Gasteiger partial charge in [-0.05, 0) is 17.7 Å². The zero-order valence-electron chi connectivity index (χ0n) is 13.2. The number of benzene rings is 2. The van der Waals surface area contributed by atoms with E-state index in [1.54, 1.807) is 30.3 Å². The number of hydrogen-bond donors (Lipinski definition) is 1. The largest absolute Gasteiger partial charge is 0.488 e. The lowest BCUT2D eigenvalue weighted by Gasteiger charge is -2.11. The second-order valence-electron chi connectivity index (χ2n) is 4.94. The van der Waals surface area contributed by atoms with Gasteiger partial charge in [0.1, 0.15) is 17.9 Å². The molecular weight excluding hydrogens is 306 g/mol. The van der Waals surface area contributed by atoms with Crippen LogP contribution < -0.4 is 10.1 Å². The number of hydrogen-bond acceptors (Lipinski definition) is 4. The van der Waals surface area contributed by atoms with E-state index in [1.807, 2.05) is 30.3 Å². The fraction of sp³-hybridized carbons (Fsp3) is 0.158. The Balaban J connectivity index is 1.96. The Morgan fingerprint density at radius 3 is 2.50 bits per heavy atom. The van der Waals surface area contributed by atoms with Crippen molar-refractivity contribution in [2.24, 2.45) is 0 Å². The van der Waals surface area contributed by atoms with Gasteiger partial charge in [-0.15, -0.1) is 6.58 Å². The van der Waals surface area contributed by atoms with E-state index < -0.39 is 5.97 Å². The third-order valence-corrected chi connectivity index (χ3v) is 3.12. The lowest BCUT2D eigenvalue weighted by atomic mass is 10.2. The predicted octanol–water partition coefficient (Wildman–Crippen LogP) is 2.72. The van der Waals surface area contributed by atoms with E-state index in [1.165, 1.54) is 0 Å². The standard InChI is InChI=1S/C19H19NO4/c1-2-12-20-18(21)14-24-19(22)16-10-6-7-11-17(16)23-13-15-8-4-3-5-9-15/h2-11H,1,12-14H2,(H,20,21). The molecular formula is C19H19NO4. The number of ether oxygens (including phenoxy) is 2. The fourth-order valence-electron chi connectivity index (χ4n) is 1.94. The Labute approximate surface area is 140 Å². The first-order chi connectivity index (χ1) is 11.7. The Bertz CT molecular complexity index is 698. The van der Waals surface area contributed by atoms with E-state index in [9.17, 15) is 9.59 Å². The van der Waals surface area contributed by atoms with Crippen LogP contribution in [0, 0.1) is 0 Å². The van der Waals surface area contributed by atoms with Crippen molar-refractivity contribution in [3.8, 4) is 5.75 Å². The van der Waals surface area contributed by atoms with Crippen LogP contribution in [0.2, 0.25) is 0 Å². The summed E-state index contributed by atoms with van der Waals surface area (Å²) in [6, 6.07) is 16.4. The first-order valence-corrected chi connectivity index (χ1v) is 7.51. The van der Waals surface area contributed by atoms with Crippen molar-refractivity contribution in [2.75, 3.05) is 13.2 Å². The molecule has 0 bridgehead atoms. The summed E-state index contributed by atoms with van der Waals surface area (Å²) in [6.45, 7) is 3.81. The molecule has 124 valence electrons. The lowest BCUT2D eigenvalue weighted by molar-refractivity contribution is -0.124. The fourth-order valence-corrected chi connectivity index (χ4v) is 1.94. The van der Waals surface area contributed by atoms with Gasteiger partial charge in [0.05, 0.1) is 0 Å². The minimum Gasteiger partial charge on any atom is -0.488 e. The molecule has 1 amide bonds. The Kier molecular flexibility index (Phi) is 6.58. The van der Waals surface area contributed by atoms with Gasteiger partial charge >= 0.3 is 5.97 Å². The molecule has 5 heteroatoms. The van der Waals surface area contributed by atoms with Gasteiger partial charge < -0.3 is 14.8 Å². The third-order valence-electron chi connectivity index (χ3n) is 3.12. The van der Waals surface area contributed by atoms with Crippen LogP contribution in [0.25, 0.3) is 0 Å². The summed E-state index contributed by atoms with van der Waals surface area (Å²) in [4.78, 5) is 23.6. The monoisotopic (exact) mass is 325 g/mol. The maximum absolute atomic E-state index is 12.2. The second-order valence-corrected chi connectivity index (χ2v) is 4.94. The average Bonchev–Trinajstić information content (AvgIpc) is 2.63. The van der Waals surface area contributed by atoms with Gasteiger partial charge in [0, 0.05) is 6.54 Å². The van der Waals surface area contributed by atoms with Crippen molar-refractivity contribution in [1.82, 2.24) is 5.32 Å². The number of amides is 1.